The van der Waals surface area contributed by atoms with Crippen molar-refractivity contribution in [3.63, 3.8) is 0 Å². The van der Waals surface area contributed by atoms with Crippen molar-refractivity contribution in [2.45, 2.75) is 20.3 Å². The zero-order valence-electron chi connectivity index (χ0n) is 11.5. The summed E-state index contributed by atoms with van der Waals surface area (Å²) >= 11 is 5.97. The van der Waals surface area contributed by atoms with Gasteiger partial charge in [-0.25, -0.2) is 0 Å². The van der Waals surface area contributed by atoms with Gasteiger partial charge in [-0.3, -0.25) is 4.79 Å². The van der Waals surface area contributed by atoms with Gasteiger partial charge >= 0.3 is 0 Å². The van der Waals surface area contributed by atoms with Crippen molar-refractivity contribution in [2.75, 3.05) is 26.2 Å². The standard InChI is InChI=1S/C14H21ClN2O2/c1-3-7-16-8-9-17-14(18)10-19-13-6-4-5-12(15)11(13)2/h4-6,16H,3,7-10H2,1-2H3,(H,17,18). The Kier molecular flexibility index (Phi) is 7.30. The highest BCUT2D eigenvalue weighted by Gasteiger charge is 2.06. The monoisotopic (exact) mass is 284 g/mol. The van der Waals surface area contributed by atoms with Crippen LogP contribution in [-0.4, -0.2) is 32.1 Å². The molecule has 0 saturated heterocycles. The quantitative estimate of drug-likeness (QED) is 0.719. The first kappa shape index (κ1) is 15.8. The summed E-state index contributed by atoms with van der Waals surface area (Å²) in [5.74, 6) is 0.518. The van der Waals surface area contributed by atoms with E-state index >= 15 is 0 Å². The summed E-state index contributed by atoms with van der Waals surface area (Å²) in [5, 5.41) is 6.63. The van der Waals surface area contributed by atoms with Crippen molar-refractivity contribution in [1.29, 1.82) is 0 Å². The van der Waals surface area contributed by atoms with E-state index in [0.717, 1.165) is 25.1 Å². The SMILES string of the molecule is CCCNCCNC(=O)COc1cccc(Cl)c1C. The Bertz CT molecular complexity index is 410. The number of hydrogen-bond acceptors (Lipinski definition) is 3. The lowest BCUT2D eigenvalue weighted by molar-refractivity contribution is -0.123. The molecule has 5 heteroatoms. The molecule has 0 aliphatic rings. The van der Waals surface area contributed by atoms with Gasteiger partial charge in [-0.1, -0.05) is 24.6 Å². The van der Waals surface area contributed by atoms with E-state index in [4.69, 9.17) is 16.3 Å². The molecular weight excluding hydrogens is 264 g/mol. The Hall–Kier alpha value is -1.26. The number of carbonyl (C=O) groups excluding carboxylic acids is 1. The lowest BCUT2D eigenvalue weighted by atomic mass is 10.2. The normalized spacial score (nSPS) is 10.3. The van der Waals surface area contributed by atoms with Gasteiger partial charge in [0.1, 0.15) is 5.75 Å². The van der Waals surface area contributed by atoms with Crippen LogP contribution in [0.2, 0.25) is 5.02 Å². The van der Waals surface area contributed by atoms with Gasteiger partial charge in [0, 0.05) is 23.7 Å². The Labute approximate surface area is 119 Å². The fraction of sp³-hybridized carbons (Fsp3) is 0.500. The van der Waals surface area contributed by atoms with Gasteiger partial charge in [0.15, 0.2) is 6.61 Å². The molecule has 0 radical (unpaired) electrons. The number of benzene rings is 1. The molecule has 0 aliphatic carbocycles. The minimum atomic E-state index is -0.127. The van der Waals surface area contributed by atoms with Crippen LogP contribution in [0, 0.1) is 6.92 Å². The maximum atomic E-state index is 11.5. The number of rotatable bonds is 8. The lowest BCUT2D eigenvalue weighted by Gasteiger charge is -2.10. The fourth-order valence-corrected chi connectivity index (χ4v) is 1.70. The Morgan fingerprint density at radius 3 is 2.84 bits per heavy atom. The van der Waals surface area contributed by atoms with E-state index in [1.807, 2.05) is 6.92 Å². The molecule has 106 valence electrons. The van der Waals surface area contributed by atoms with Gasteiger partial charge in [0.2, 0.25) is 0 Å². The van der Waals surface area contributed by atoms with E-state index in [9.17, 15) is 4.79 Å². The largest absolute Gasteiger partial charge is 0.483 e. The van der Waals surface area contributed by atoms with Crippen LogP contribution in [0.15, 0.2) is 18.2 Å². The maximum absolute atomic E-state index is 11.5. The summed E-state index contributed by atoms with van der Waals surface area (Å²) in [5.41, 5.74) is 0.849. The summed E-state index contributed by atoms with van der Waals surface area (Å²) in [7, 11) is 0. The van der Waals surface area contributed by atoms with E-state index in [-0.39, 0.29) is 12.5 Å². The molecule has 0 aromatic heterocycles. The summed E-state index contributed by atoms with van der Waals surface area (Å²) in [6.07, 6.45) is 1.09. The Morgan fingerprint density at radius 2 is 2.11 bits per heavy atom. The average molecular weight is 285 g/mol. The second-order valence-electron chi connectivity index (χ2n) is 4.25. The van der Waals surface area contributed by atoms with Crippen LogP contribution in [0.5, 0.6) is 5.75 Å². The third-order valence-corrected chi connectivity index (χ3v) is 3.04. The topological polar surface area (TPSA) is 50.4 Å². The van der Waals surface area contributed by atoms with Crippen molar-refractivity contribution < 1.29 is 9.53 Å². The van der Waals surface area contributed by atoms with Gasteiger partial charge < -0.3 is 15.4 Å². The van der Waals surface area contributed by atoms with Crippen LogP contribution >= 0.6 is 11.6 Å². The number of amides is 1. The molecule has 1 rings (SSSR count). The molecule has 1 amide bonds. The highest BCUT2D eigenvalue weighted by Crippen LogP contribution is 2.24. The summed E-state index contributed by atoms with van der Waals surface area (Å²) in [6, 6.07) is 5.40. The van der Waals surface area contributed by atoms with Crippen LogP contribution in [0.1, 0.15) is 18.9 Å². The fourth-order valence-electron chi connectivity index (χ4n) is 1.53. The van der Waals surface area contributed by atoms with E-state index < -0.39 is 0 Å². The highest BCUT2D eigenvalue weighted by molar-refractivity contribution is 6.31. The molecular formula is C14H21ClN2O2. The van der Waals surface area contributed by atoms with Gasteiger partial charge in [0.05, 0.1) is 0 Å². The third kappa shape index (κ3) is 5.94. The van der Waals surface area contributed by atoms with Crippen LogP contribution in [0.3, 0.4) is 0 Å². The van der Waals surface area contributed by atoms with Crippen LogP contribution < -0.4 is 15.4 Å². The molecule has 0 heterocycles. The summed E-state index contributed by atoms with van der Waals surface area (Å²) in [4.78, 5) is 11.5. The predicted octanol–water partition coefficient (Wildman–Crippen LogP) is 2.14. The van der Waals surface area contributed by atoms with Crippen molar-refractivity contribution >= 4 is 17.5 Å². The van der Waals surface area contributed by atoms with E-state index in [1.54, 1.807) is 18.2 Å². The molecule has 0 fully saturated rings. The summed E-state index contributed by atoms with van der Waals surface area (Å²) in [6.45, 7) is 6.33. The van der Waals surface area contributed by atoms with Crippen molar-refractivity contribution in [3.8, 4) is 5.75 Å². The van der Waals surface area contributed by atoms with Crippen LogP contribution in [-0.2, 0) is 4.79 Å². The molecule has 0 atom stereocenters. The molecule has 19 heavy (non-hydrogen) atoms. The zero-order valence-corrected chi connectivity index (χ0v) is 12.2. The first-order valence-electron chi connectivity index (χ1n) is 6.50. The molecule has 0 saturated carbocycles. The van der Waals surface area contributed by atoms with E-state index in [1.165, 1.54) is 0 Å². The first-order chi connectivity index (χ1) is 9.15. The predicted molar refractivity (Wildman–Crippen MR) is 77.9 cm³/mol. The van der Waals surface area contributed by atoms with Crippen molar-refractivity contribution in [2.24, 2.45) is 0 Å². The number of carbonyl (C=O) groups is 1. The lowest BCUT2D eigenvalue weighted by Crippen LogP contribution is -2.35. The maximum Gasteiger partial charge on any atom is 0.257 e. The van der Waals surface area contributed by atoms with Crippen molar-refractivity contribution in [3.05, 3.63) is 28.8 Å². The van der Waals surface area contributed by atoms with Gasteiger partial charge in [-0.2, -0.15) is 0 Å². The molecule has 0 spiro atoms. The first-order valence-corrected chi connectivity index (χ1v) is 6.88. The van der Waals surface area contributed by atoms with Crippen LogP contribution in [0.4, 0.5) is 0 Å². The molecule has 4 nitrogen and oxygen atoms in total. The second-order valence-corrected chi connectivity index (χ2v) is 4.66. The van der Waals surface area contributed by atoms with Gasteiger partial charge in [-0.05, 0) is 32.0 Å². The highest BCUT2D eigenvalue weighted by atomic mass is 35.5. The van der Waals surface area contributed by atoms with Crippen molar-refractivity contribution in [1.82, 2.24) is 10.6 Å². The van der Waals surface area contributed by atoms with Gasteiger partial charge in [-0.15, -0.1) is 0 Å². The van der Waals surface area contributed by atoms with Crippen LogP contribution in [0.25, 0.3) is 0 Å². The second kappa shape index (κ2) is 8.77. The molecule has 0 aliphatic heterocycles. The Balaban J connectivity index is 2.24. The van der Waals surface area contributed by atoms with E-state index in [2.05, 4.69) is 17.6 Å². The number of hydrogen-bond donors (Lipinski definition) is 2. The number of halogens is 1. The average Bonchev–Trinajstić information content (AvgIpc) is 2.40. The third-order valence-electron chi connectivity index (χ3n) is 2.63. The molecule has 2 N–H and O–H groups in total. The minimum Gasteiger partial charge on any atom is -0.483 e. The zero-order chi connectivity index (χ0) is 14.1. The molecule has 0 unspecified atom stereocenters. The van der Waals surface area contributed by atoms with E-state index in [0.29, 0.717) is 17.3 Å². The summed E-state index contributed by atoms with van der Waals surface area (Å²) < 4.78 is 5.44. The molecule has 0 bridgehead atoms. The smallest absolute Gasteiger partial charge is 0.257 e. The van der Waals surface area contributed by atoms with Gasteiger partial charge in [0.25, 0.3) is 5.91 Å². The number of nitrogens with one attached hydrogen (secondary N) is 2. The molecule has 1 aromatic carbocycles. The minimum absolute atomic E-state index is 0.00889. The number of ether oxygens (including phenoxy) is 1. The molecule has 1 aromatic rings. The Morgan fingerprint density at radius 1 is 1.32 bits per heavy atom.